The first kappa shape index (κ1) is 40.7. The van der Waals surface area contributed by atoms with E-state index < -0.39 is 49.2 Å². The molecule has 5 aromatic rings. The van der Waals surface area contributed by atoms with Crippen molar-refractivity contribution in [2.24, 2.45) is 0 Å². The Morgan fingerprint density at radius 3 is 1.40 bits per heavy atom. The zero-order chi connectivity index (χ0) is 38.9. The molecule has 0 aromatic heterocycles. The van der Waals surface area contributed by atoms with Crippen LogP contribution in [0.3, 0.4) is 0 Å². The van der Waals surface area contributed by atoms with Crippen LogP contribution in [0.25, 0.3) is 0 Å². The number of ether oxygens (including phenoxy) is 9. The molecule has 298 valence electrons. The van der Waals surface area contributed by atoms with Crippen LogP contribution in [0.15, 0.2) is 164 Å². The monoisotopic (exact) mass is 772 g/mol. The molecular formula is C48H52O9. The first-order valence-corrected chi connectivity index (χ1v) is 19.6. The SMILES string of the molecule is C=CCO[C@@H]1[C@@H](OCc2ccccc2)[C@H](O[C@@H]2[C@@H](OCc3ccccc3)[C@@H](OCc3ccccc3)OC[C@H]2OCc2ccccc2)O[C@H]1COCc1ccccc1. The van der Waals surface area contributed by atoms with E-state index in [0.29, 0.717) is 39.6 Å². The van der Waals surface area contributed by atoms with Crippen molar-refractivity contribution >= 4 is 0 Å². The van der Waals surface area contributed by atoms with Gasteiger partial charge in [0.15, 0.2) is 12.6 Å². The quantitative estimate of drug-likeness (QED) is 0.0686. The molecule has 0 N–H and O–H groups in total. The summed E-state index contributed by atoms with van der Waals surface area (Å²) < 4.78 is 59.6. The maximum atomic E-state index is 7.12. The van der Waals surface area contributed by atoms with Gasteiger partial charge in [-0.3, -0.25) is 0 Å². The topological polar surface area (TPSA) is 83.1 Å². The van der Waals surface area contributed by atoms with Gasteiger partial charge in [0.25, 0.3) is 0 Å². The molecule has 0 amide bonds. The van der Waals surface area contributed by atoms with Gasteiger partial charge in [-0.15, -0.1) is 6.58 Å². The summed E-state index contributed by atoms with van der Waals surface area (Å²) in [5.74, 6) is 0. The van der Waals surface area contributed by atoms with Crippen molar-refractivity contribution in [3.63, 3.8) is 0 Å². The molecule has 2 aliphatic heterocycles. The van der Waals surface area contributed by atoms with Crippen LogP contribution in [-0.4, -0.2) is 69.0 Å². The van der Waals surface area contributed by atoms with E-state index in [9.17, 15) is 0 Å². The molecule has 8 atom stereocenters. The summed E-state index contributed by atoms with van der Waals surface area (Å²) in [6.07, 6.45) is -3.63. The Kier molecular flexibility index (Phi) is 15.6. The van der Waals surface area contributed by atoms with Crippen molar-refractivity contribution in [2.75, 3.05) is 19.8 Å². The first-order chi connectivity index (χ1) is 28.2. The van der Waals surface area contributed by atoms with Gasteiger partial charge in [-0.05, 0) is 27.8 Å². The molecule has 9 nitrogen and oxygen atoms in total. The van der Waals surface area contributed by atoms with E-state index in [2.05, 4.69) is 6.58 Å². The van der Waals surface area contributed by atoms with Crippen LogP contribution in [0.2, 0.25) is 0 Å². The molecule has 0 unspecified atom stereocenters. The second kappa shape index (κ2) is 21.9. The molecule has 0 radical (unpaired) electrons. The molecular weight excluding hydrogens is 721 g/mol. The number of benzene rings is 5. The van der Waals surface area contributed by atoms with Crippen LogP contribution in [0.1, 0.15) is 27.8 Å². The van der Waals surface area contributed by atoms with E-state index in [-0.39, 0.29) is 13.2 Å². The summed E-state index contributed by atoms with van der Waals surface area (Å²) in [6, 6.07) is 50.1. The summed E-state index contributed by atoms with van der Waals surface area (Å²) in [4.78, 5) is 0. The van der Waals surface area contributed by atoms with Crippen LogP contribution < -0.4 is 0 Å². The van der Waals surface area contributed by atoms with Gasteiger partial charge < -0.3 is 42.6 Å². The molecule has 9 heteroatoms. The molecule has 0 aliphatic carbocycles. The van der Waals surface area contributed by atoms with Gasteiger partial charge in [-0.1, -0.05) is 158 Å². The zero-order valence-electron chi connectivity index (χ0n) is 32.2. The fourth-order valence-corrected chi connectivity index (χ4v) is 6.95. The minimum atomic E-state index is -0.891. The van der Waals surface area contributed by atoms with E-state index in [4.69, 9.17) is 42.6 Å². The Hall–Kier alpha value is -4.52. The molecule has 2 heterocycles. The third-order valence-electron chi connectivity index (χ3n) is 9.88. The zero-order valence-corrected chi connectivity index (χ0v) is 32.2. The average molecular weight is 773 g/mol. The van der Waals surface area contributed by atoms with Gasteiger partial charge in [0.05, 0.1) is 52.9 Å². The van der Waals surface area contributed by atoms with Crippen molar-refractivity contribution in [3.05, 3.63) is 192 Å². The van der Waals surface area contributed by atoms with E-state index in [1.165, 1.54) is 0 Å². The highest BCUT2D eigenvalue weighted by Crippen LogP contribution is 2.34. The number of hydrogen-bond donors (Lipinski definition) is 0. The Morgan fingerprint density at radius 1 is 0.474 bits per heavy atom. The molecule has 0 spiro atoms. The lowest BCUT2D eigenvalue weighted by Crippen LogP contribution is -2.58. The van der Waals surface area contributed by atoms with Crippen molar-refractivity contribution in [2.45, 2.75) is 82.2 Å². The first-order valence-electron chi connectivity index (χ1n) is 19.6. The standard InChI is InChI=1S/C48H52O9/c1-2-28-50-43-42(34-49-29-36-18-8-3-9-19-36)56-48(45(43)52-31-38-22-12-5-13-23-38)57-44-41(51-30-37-20-10-4-11-21-37)35-55-47(54-33-40-26-16-7-17-27-40)46(44)53-32-39-24-14-6-15-25-39/h2-27,41-48H,1,28-35H2/t41-,42+,43+,44+,45-,46-,47+,48+/m1/s1. The van der Waals surface area contributed by atoms with Crippen molar-refractivity contribution in [1.29, 1.82) is 0 Å². The predicted molar refractivity (Wildman–Crippen MR) is 216 cm³/mol. The van der Waals surface area contributed by atoms with Gasteiger partial charge >= 0.3 is 0 Å². The second-order valence-corrected chi connectivity index (χ2v) is 14.1. The minimum Gasteiger partial charge on any atom is -0.374 e. The van der Waals surface area contributed by atoms with Crippen LogP contribution >= 0.6 is 0 Å². The summed E-state index contributed by atoms with van der Waals surface area (Å²) in [6.45, 7) is 6.34. The molecule has 2 saturated heterocycles. The van der Waals surface area contributed by atoms with Gasteiger partial charge in [-0.25, -0.2) is 0 Å². The van der Waals surface area contributed by atoms with Crippen LogP contribution in [-0.2, 0) is 75.7 Å². The second-order valence-electron chi connectivity index (χ2n) is 14.1. The average Bonchev–Trinajstić information content (AvgIpc) is 3.59. The molecule has 5 aromatic carbocycles. The summed E-state index contributed by atoms with van der Waals surface area (Å²) in [7, 11) is 0. The lowest BCUT2D eigenvalue weighted by molar-refractivity contribution is -0.327. The highest BCUT2D eigenvalue weighted by molar-refractivity contribution is 5.17. The Morgan fingerprint density at radius 2 is 0.912 bits per heavy atom. The Bertz CT molecular complexity index is 1850. The highest BCUT2D eigenvalue weighted by atomic mass is 16.8. The smallest absolute Gasteiger partial charge is 0.187 e. The maximum Gasteiger partial charge on any atom is 0.187 e. The minimum absolute atomic E-state index is 0.199. The molecule has 7 rings (SSSR count). The summed E-state index contributed by atoms with van der Waals surface area (Å²) in [5.41, 5.74) is 5.10. The Labute approximate surface area is 336 Å². The molecule has 2 fully saturated rings. The molecule has 2 aliphatic rings. The highest BCUT2D eigenvalue weighted by Gasteiger charge is 2.52. The van der Waals surface area contributed by atoms with Crippen LogP contribution in [0.5, 0.6) is 0 Å². The van der Waals surface area contributed by atoms with Crippen LogP contribution in [0.4, 0.5) is 0 Å². The van der Waals surface area contributed by atoms with Crippen molar-refractivity contribution < 1.29 is 42.6 Å². The van der Waals surface area contributed by atoms with Gasteiger partial charge in [-0.2, -0.15) is 0 Å². The molecule has 57 heavy (non-hydrogen) atoms. The molecule has 0 saturated carbocycles. The third kappa shape index (κ3) is 12.0. The van der Waals surface area contributed by atoms with Gasteiger partial charge in [0.2, 0.25) is 0 Å². The maximum absolute atomic E-state index is 7.12. The lowest BCUT2D eigenvalue weighted by atomic mass is 10.0. The summed E-state index contributed by atoms with van der Waals surface area (Å²) in [5, 5.41) is 0. The van der Waals surface area contributed by atoms with E-state index in [1.54, 1.807) is 6.08 Å². The largest absolute Gasteiger partial charge is 0.374 e. The van der Waals surface area contributed by atoms with Crippen molar-refractivity contribution in [3.8, 4) is 0 Å². The van der Waals surface area contributed by atoms with E-state index >= 15 is 0 Å². The predicted octanol–water partition coefficient (Wildman–Crippen LogP) is 8.21. The van der Waals surface area contributed by atoms with E-state index in [0.717, 1.165) is 27.8 Å². The Balaban J connectivity index is 1.18. The normalized spacial score (nSPS) is 24.6. The number of rotatable bonds is 21. The fraction of sp³-hybridized carbons (Fsp3) is 0.333. The number of hydrogen-bond acceptors (Lipinski definition) is 9. The third-order valence-corrected chi connectivity index (χ3v) is 9.88. The summed E-state index contributed by atoms with van der Waals surface area (Å²) >= 11 is 0. The fourth-order valence-electron chi connectivity index (χ4n) is 6.95. The van der Waals surface area contributed by atoms with Crippen LogP contribution in [0, 0.1) is 0 Å². The van der Waals surface area contributed by atoms with E-state index in [1.807, 2.05) is 152 Å². The van der Waals surface area contributed by atoms with Gasteiger partial charge in [0.1, 0.15) is 36.6 Å². The molecule has 0 bridgehead atoms. The van der Waals surface area contributed by atoms with Gasteiger partial charge in [0, 0.05) is 0 Å². The lowest BCUT2D eigenvalue weighted by Gasteiger charge is -2.43. The van der Waals surface area contributed by atoms with Crippen molar-refractivity contribution in [1.82, 2.24) is 0 Å².